The van der Waals surface area contributed by atoms with E-state index in [-0.39, 0.29) is 13.1 Å². The first-order valence-corrected chi connectivity index (χ1v) is 4.69. The average Bonchev–Trinajstić information content (AvgIpc) is 2.43. The van der Waals surface area contributed by atoms with Crippen LogP contribution in [0.2, 0.25) is 0 Å². The molecule has 1 amide bonds. The van der Waals surface area contributed by atoms with Gasteiger partial charge in [0.15, 0.2) is 0 Å². The number of nitrogens with two attached hydrogens (primary N) is 1. The quantitative estimate of drug-likeness (QED) is 0.644. The minimum absolute atomic E-state index is 0.247. The van der Waals surface area contributed by atoms with Gasteiger partial charge in [-0.05, 0) is 20.8 Å². The molecule has 0 aromatic heterocycles. The Balaban J connectivity index is 2.58. The molecule has 1 aliphatic rings. The summed E-state index contributed by atoms with van der Waals surface area (Å²) in [5.74, 6) is 0. The van der Waals surface area contributed by atoms with Crippen LogP contribution in [0.1, 0.15) is 20.8 Å². The molecule has 82 valence electrons. The monoisotopic (exact) mass is 209 g/mol. The molecule has 0 unspecified atom stereocenters. The van der Waals surface area contributed by atoms with Gasteiger partial charge >= 0.3 is 6.09 Å². The lowest BCUT2D eigenvalue weighted by Gasteiger charge is -2.24. The van der Waals surface area contributed by atoms with Crippen LogP contribution in [0.25, 0.3) is 0 Å². The lowest BCUT2D eigenvalue weighted by molar-refractivity contribution is 0.0300. The lowest BCUT2D eigenvalue weighted by Crippen LogP contribution is -2.36. The van der Waals surface area contributed by atoms with E-state index in [9.17, 15) is 4.79 Å². The van der Waals surface area contributed by atoms with Gasteiger partial charge in [0.2, 0.25) is 0 Å². The van der Waals surface area contributed by atoms with Crippen LogP contribution < -0.4 is 5.73 Å². The fourth-order valence-electron chi connectivity index (χ4n) is 1.21. The van der Waals surface area contributed by atoms with Crippen molar-refractivity contribution in [2.75, 3.05) is 13.1 Å². The van der Waals surface area contributed by atoms with Gasteiger partial charge in [0, 0.05) is 5.70 Å². The number of carbonyl (C=O) groups excluding carboxylic acids is 1. The fraction of sp³-hybridized carbons (Fsp3) is 0.600. The molecular weight excluding hydrogens is 194 g/mol. The number of amides is 1. The standard InChI is InChI=1S/C10H15N3O2/c1-10(2,3)15-9(14)13-5-7(4-11)8(12)6-13/h5-6,12H2,1-3H3. The van der Waals surface area contributed by atoms with Crippen LogP contribution in [0.15, 0.2) is 11.3 Å². The minimum Gasteiger partial charge on any atom is -0.444 e. The van der Waals surface area contributed by atoms with Crippen LogP contribution in [0, 0.1) is 11.3 Å². The highest BCUT2D eigenvalue weighted by atomic mass is 16.6. The maximum absolute atomic E-state index is 11.6. The molecule has 0 saturated heterocycles. The summed E-state index contributed by atoms with van der Waals surface area (Å²) in [5, 5.41) is 8.70. The zero-order valence-electron chi connectivity index (χ0n) is 9.20. The third-order valence-electron chi connectivity index (χ3n) is 1.88. The van der Waals surface area contributed by atoms with Gasteiger partial charge in [-0.15, -0.1) is 0 Å². The highest BCUT2D eigenvalue weighted by molar-refractivity contribution is 5.70. The van der Waals surface area contributed by atoms with Gasteiger partial charge in [0.25, 0.3) is 0 Å². The predicted octanol–water partition coefficient (Wildman–Crippen LogP) is 0.973. The van der Waals surface area contributed by atoms with Gasteiger partial charge in [-0.1, -0.05) is 0 Å². The fourth-order valence-corrected chi connectivity index (χ4v) is 1.21. The van der Waals surface area contributed by atoms with Gasteiger partial charge in [-0.2, -0.15) is 5.26 Å². The minimum atomic E-state index is -0.527. The molecule has 1 rings (SSSR count). The topological polar surface area (TPSA) is 79.3 Å². The maximum Gasteiger partial charge on any atom is 0.410 e. The molecule has 0 radical (unpaired) electrons. The second kappa shape index (κ2) is 3.81. The van der Waals surface area contributed by atoms with Crippen LogP contribution in [0.4, 0.5) is 4.79 Å². The van der Waals surface area contributed by atoms with E-state index in [1.54, 1.807) is 20.8 Å². The molecule has 0 saturated carbocycles. The molecule has 15 heavy (non-hydrogen) atoms. The van der Waals surface area contributed by atoms with Gasteiger partial charge in [-0.3, -0.25) is 4.90 Å². The maximum atomic E-state index is 11.6. The Hall–Kier alpha value is -1.70. The molecule has 0 aliphatic carbocycles. The van der Waals surface area contributed by atoms with Gasteiger partial charge in [0.05, 0.1) is 24.7 Å². The predicted molar refractivity (Wildman–Crippen MR) is 54.6 cm³/mol. The Labute approximate surface area is 89.1 Å². The Morgan fingerprint density at radius 3 is 2.53 bits per heavy atom. The van der Waals surface area contributed by atoms with Crippen LogP contribution in [-0.2, 0) is 4.74 Å². The van der Waals surface area contributed by atoms with Crippen LogP contribution >= 0.6 is 0 Å². The summed E-state index contributed by atoms with van der Waals surface area (Å²) in [4.78, 5) is 13.0. The Kier molecular flexibility index (Phi) is 2.89. The summed E-state index contributed by atoms with van der Waals surface area (Å²) in [6, 6.07) is 1.97. The second-order valence-electron chi connectivity index (χ2n) is 4.45. The molecule has 0 fully saturated rings. The smallest absolute Gasteiger partial charge is 0.410 e. The van der Waals surface area contributed by atoms with E-state index in [0.717, 1.165) is 0 Å². The Morgan fingerprint density at radius 2 is 2.13 bits per heavy atom. The molecule has 5 heteroatoms. The Bertz CT molecular complexity index is 347. The van der Waals surface area contributed by atoms with Crippen molar-refractivity contribution in [1.29, 1.82) is 5.26 Å². The average molecular weight is 209 g/mol. The molecule has 0 bridgehead atoms. The number of nitrogens with zero attached hydrogens (tertiary/aromatic N) is 2. The van der Waals surface area contributed by atoms with Crippen molar-refractivity contribution >= 4 is 6.09 Å². The van der Waals surface area contributed by atoms with Crippen molar-refractivity contribution in [3.63, 3.8) is 0 Å². The summed E-state index contributed by atoms with van der Waals surface area (Å²) < 4.78 is 5.16. The van der Waals surface area contributed by atoms with E-state index in [0.29, 0.717) is 11.3 Å². The van der Waals surface area contributed by atoms with Gasteiger partial charge in [-0.25, -0.2) is 4.79 Å². The Morgan fingerprint density at radius 1 is 1.53 bits per heavy atom. The molecule has 5 nitrogen and oxygen atoms in total. The van der Waals surface area contributed by atoms with E-state index in [4.69, 9.17) is 15.7 Å². The second-order valence-corrected chi connectivity index (χ2v) is 4.45. The summed E-state index contributed by atoms with van der Waals surface area (Å²) in [5.41, 5.74) is 5.96. The molecule has 1 aliphatic heterocycles. The van der Waals surface area contributed by atoms with E-state index >= 15 is 0 Å². The highest BCUT2D eigenvalue weighted by Gasteiger charge is 2.28. The summed E-state index contributed by atoms with van der Waals surface area (Å²) in [7, 11) is 0. The van der Waals surface area contributed by atoms with Crippen LogP contribution in [0.3, 0.4) is 0 Å². The molecule has 1 heterocycles. The molecule has 0 spiro atoms. The highest BCUT2D eigenvalue weighted by Crippen LogP contribution is 2.16. The summed E-state index contributed by atoms with van der Waals surface area (Å²) >= 11 is 0. The normalized spacial score (nSPS) is 16.5. The van der Waals surface area contributed by atoms with Crippen molar-refractivity contribution in [3.8, 4) is 6.07 Å². The largest absolute Gasteiger partial charge is 0.444 e. The summed E-state index contributed by atoms with van der Waals surface area (Å²) in [6.07, 6.45) is -0.435. The van der Waals surface area contributed by atoms with Crippen molar-refractivity contribution < 1.29 is 9.53 Å². The first kappa shape index (κ1) is 11.4. The number of nitriles is 1. The van der Waals surface area contributed by atoms with E-state index < -0.39 is 11.7 Å². The van der Waals surface area contributed by atoms with E-state index in [2.05, 4.69) is 0 Å². The molecule has 0 atom stereocenters. The SMILES string of the molecule is CC(C)(C)OC(=O)N1CC(N)=C(C#N)C1. The van der Waals surface area contributed by atoms with Crippen LogP contribution in [0.5, 0.6) is 0 Å². The molecule has 0 aromatic carbocycles. The zero-order valence-corrected chi connectivity index (χ0v) is 9.20. The number of carbonyl (C=O) groups is 1. The number of rotatable bonds is 0. The van der Waals surface area contributed by atoms with E-state index in [1.807, 2.05) is 6.07 Å². The lowest BCUT2D eigenvalue weighted by atomic mass is 10.2. The summed E-state index contributed by atoms with van der Waals surface area (Å²) in [6.45, 7) is 5.91. The van der Waals surface area contributed by atoms with Crippen molar-refractivity contribution in [3.05, 3.63) is 11.3 Å². The number of ether oxygens (including phenoxy) is 1. The number of hydrogen-bond donors (Lipinski definition) is 1. The third kappa shape index (κ3) is 2.88. The number of hydrogen-bond acceptors (Lipinski definition) is 4. The first-order chi connectivity index (χ1) is 6.83. The zero-order chi connectivity index (χ0) is 11.6. The van der Waals surface area contributed by atoms with Crippen molar-refractivity contribution in [1.82, 2.24) is 4.90 Å². The third-order valence-corrected chi connectivity index (χ3v) is 1.88. The van der Waals surface area contributed by atoms with Gasteiger partial charge in [0.1, 0.15) is 5.60 Å². The van der Waals surface area contributed by atoms with E-state index in [1.165, 1.54) is 4.90 Å². The van der Waals surface area contributed by atoms with Crippen molar-refractivity contribution in [2.24, 2.45) is 5.73 Å². The first-order valence-electron chi connectivity index (χ1n) is 4.69. The van der Waals surface area contributed by atoms with Crippen molar-refractivity contribution in [2.45, 2.75) is 26.4 Å². The van der Waals surface area contributed by atoms with Gasteiger partial charge < -0.3 is 10.5 Å². The van der Waals surface area contributed by atoms with Crippen LogP contribution in [-0.4, -0.2) is 29.7 Å². The molecule has 2 N–H and O–H groups in total. The molecular formula is C10H15N3O2. The molecule has 0 aromatic rings.